The summed E-state index contributed by atoms with van der Waals surface area (Å²) < 4.78 is 68.5. The molecule has 5 atom stereocenters. The summed E-state index contributed by atoms with van der Waals surface area (Å²) in [5.74, 6) is -2.14. The second-order valence-corrected chi connectivity index (χ2v) is 30.7. The summed E-state index contributed by atoms with van der Waals surface area (Å²) in [7, 11) is -9.92. The van der Waals surface area contributed by atoms with Crippen LogP contribution in [0.2, 0.25) is 0 Å². The summed E-state index contributed by atoms with van der Waals surface area (Å²) in [5.41, 5.74) is 0. The summed E-state index contributed by atoms with van der Waals surface area (Å²) in [4.78, 5) is 72.8. The first-order valence-corrected chi connectivity index (χ1v) is 43.6. The molecule has 0 spiro atoms. The first-order chi connectivity index (χ1) is 47.7. The molecule has 0 aliphatic carbocycles. The standard InChI is InChI=1S/C79H150O17P2/c1-5-9-13-17-21-25-28-31-33-34-35-36-37-38-39-41-43-46-50-54-58-62-66-79(84)96-75(70-90-77(82)64-60-56-52-48-45-42-40-32-29-26-22-18-14-10-6-2)72-94-98(87,88)92-68-73(80)67-91-97(85,86)93-71-74(69-89-76(81)63-59-55-51-47-24-20-16-12-8-4)95-78(83)65-61-57-53-49-44-30-27-23-19-15-11-7-3/h26,29,32,40,73-75,80H,5-25,27-28,30-31,33-39,41-72H2,1-4H3,(H,85,86)(H,87,88)/b29-26-,40-32-/t73-,74+,75+/m0/s1. The lowest BCUT2D eigenvalue weighted by Crippen LogP contribution is -2.30. The number of unbranched alkanes of at least 4 members (excludes halogenated alkanes) is 49. The zero-order chi connectivity index (χ0) is 71.8. The number of rotatable bonds is 78. The molecule has 0 radical (unpaired) electrons. The normalized spacial score (nSPS) is 14.0. The highest BCUT2D eigenvalue weighted by atomic mass is 31.2. The highest BCUT2D eigenvalue weighted by molar-refractivity contribution is 7.47. The number of hydrogen-bond acceptors (Lipinski definition) is 15. The van der Waals surface area contributed by atoms with Gasteiger partial charge in [-0.15, -0.1) is 0 Å². The van der Waals surface area contributed by atoms with E-state index in [1.165, 1.54) is 212 Å². The fourth-order valence-corrected chi connectivity index (χ4v) is 13.3. The summed E-state index contributed by atoms with van der Waals surface area (Å²) in [6, 6.07) is 0. The van der Waals surface area contributed by atoms with Gasteiger partial charge in [0.15, 0.2) is 12.2 Å². The van der Waals surface area contributed by atoms with E-state index >= 15 is 0 Å². The summed E-state index contributed by atoms with van der Waals surface area (Å²) in [6.45, 7) is 4.92. The molecule has 0 aliphatic rings. The first-order valence-electron chi connectivity index (χ1n) is 40.6. The van der Waals surface area contributed by atoms with Crippen LogP contribution in [0.1, 0.15) is 400 Å². The number of carbonyl (C=O) groups is 4. The van der Waals surface area contributed by atoms with E-state index in [0.29, 0.717) is 25.7 Å². The topological polar surface area (TPSA) is 237 Å². The van der Waals surface area contributed by atoms with Crippen molar-refractivity contribution in [2.75, 3.05) is 39.6 Å². The molecule has 17 nitrogen and oxygen atoms in total. The van der Waals surface area contributed by atoms with Gasteiger partial charge in [0, 0.05) is 25.7 Å². The third kappa shape index (κ3) is 71.9. The number of allylic oxidation sites excluding steroid dienone is 4. The molecule has 0 rings (SSSR count). The van der Waals surface area contributed by atoms with Crippen LogP contribution in [0.15, 0.2) is 24.3 Å². The van der Waals surface area contributed by atoms with Crippen LogP contribution in [0.3, 0.4) is 0 Å². The number of phosphoric ester groups is 2. The fourth-order valence-electron chi connectivity index (χ4n) is 11.7. The van der Waals surface area contributed by atoms with Gasteiger partial charge >= 0.3 is 39.5 Å². The lowest BCUT2D eigenvalue weighted by atomic mass is 10.0. The van der Waals surface area contributed by atoms with Gasteiger partial charge in [-0.25, -0.2) is 9.13 Å². The quantitative estimate of drug-likeness (QED) is 0.0169. The number of carbonyl (C=O) groups excluding carboxylic acids is 4. The molecule has 0 heterocycles. The summed E-state index contributed by atoms with van der Waals surface area (Å²) in [5, 5.41) is 10.6. The van der Waals surface area contributed by atoms with Gasteiger partial charge in [-0.1, -0.05) is 347 Å². The number of ether oxygens (including phenoxy) is 4. The van der Waals surface area contributed by atoms with Crippen LogP contribution in [0.4, 0.5) is 0 Å². The minimum Gasteiger partial charge on any atom is -0.462 e. The molecule has 0 aliphatic heterocycles. The Balaban J connectivity index is 5.21. The van der Waals surface area contributed by atoms with Crippen LogP contribution in [0, 0.1) is 0 Å². The van der Waals surface area contributed by atoms with Gasteiger partial charge in [-0.2, -0.15) is 0 Å². The van der Waals surface area contributed by atoms with E-state index < -0.39 is 97.5 Å². The van der Waals surface area contributed by atoms with Crippen LogP contribution < -0.4 is 0 Å². The van der Waals surface area contributed by atoms with E-state index in [1.807, 2.05) is 0 Å². The molecular formula is C79H150O17P2. The Kier molecular flexibility index (Phi) is 71.0. The molecule has 3 N–H and O–H groups in total. The molecule has 0 saturated heterocycles. The average Bonchev–Trinajstić information content (AvgIpc) is 1.13. The van der Waals surface area contributed by atoms with E-state index in [-0.39, 0.29) is 25.7 Å². The molecule has 0 aromatic rings. The Morgan fingerprint density at radius 2 is 0.490 bits per heavy atom. The molecule has 0 saturated carbocycles. The number of phosphoric acid groups is 2. The van der Waals surface area contributed by atoms with Crippen molar-refractivity contribution in [2.24, 2.45) is 0 Å². The van der Waals surface area contributed by atoms with Crippen molar-refractivity contribution < 1.29 is 80.2 Å². The second kappa shape index (κ2) is 72.9. The van der Waals surface area contributed by atoms with Crippen molar-refractivity contribution >= 4 is 39.5 Å². The molecule has 19 heteroatoms. The summed E-state index contributed by atoms with van der Waals surface area (Å²) in [6.07, 6.45) is 67.5. The number of hydrogen-bond donors (Lipinski definition) is 3. The Morgan fingerprint density at radius 3 is 0.745 bits per heavy atom. The van der Waals surface area contributed by atoms with Crippen LogP contribution in [0.5, 0.6) is 0 Å². The third-order valence-corrected chi connectivity index (χ3v) is 19.9. The fraction of sp³-hybridized carbons (Fsp3) is 0.899. The van der Waals surface area contributed by atoms with Gasteiger partial charge in [-0.05, 0) is 51.4 Å². The molecule has 0 aromatic heterocycles. The molecule has 98 heavy (non-hydrogen) atoms. The van der Waals surface area contributed by atoms with Crippen molar-refractivity contribution in [2.45, 2.75) is 418 Å². The predicted octanol–water partition coefficient (Wildman–Crippen LogP) is 23.3. The minimum atomic E-state index is -4.97. The first kappa shape index (κ1) is 95.5. The summed E-state index contributed by atoms with van der Waals surface area (Å²) >= 11 is 0. The van der Waals surface area contributed by atoms with Gasteiger partial charge < -0.3 is 33.8 Å². The van der Waals surface area contributed by atoms with E-state index in [9.17, 15) is 43.2 Å². The van der Waals surface area contributed by atoms with E-state index in [4.69, 9.17) is 37.0 Å². The molecule has 0 aromatic carbocycles. The van der Waals surface area contributed by atoms with Gasteiger partial charge in [0.2, 0.25) is 0 Å². The molecule has 0 bridgehead atoms. The lowest BCUT2D eigenvalue weighted by Gasteiger charge is -2.21. The highest BCUT2D eigenvalue weighted by Gasteiger charge is 2.30. The maximum atomic E-state index is 13.1. The van der Waals surface area contributed by atoms with Crippen molar-refractivity contribution in [1.82, 2.24) is 0 Å². The predicted molar refractivity (Wildman–Crippen MR) is 400 cm³/mol. The van der Waals surface area contributed by atoms with Crippen LogP contribution in [-0.2, 0) is 65.4 Å². The van der Waals surface area contributed by atoms with Gasteiger partial charge in [-0.3, -0.25) is 37.3 Å². The lowest BCUT2D eigenvalue weighted by molar-refractivity contribution is -0.161. The molecule has 0 fully saturated rings. The highest BCUT2D eigenvalue weighted by Crippen LogP contribution is 2.45. The SMILES string of the molecule is CCCCCC/C=C\C=C/CCCCCCCC(=O)OC[C@H](COP(=O)(O)OC[C@@H](O)COP(=O)(O)OC[C@@H](COC(=O)CCCCCCCCCCC)OC(=O)CCCCCCCCCCCCCC)OC(=O)CCCCCCCCCCCCCCCCCCCCCCCC. The number of aliphatic hydroxyl groups excluding tert-OH is 1. The van der Waals surface area contributed by atoms with E-state index in [0.717, 1.165) is 109 Å². The average molecular weight is 1430 g/mol. The maximum absolute atomic E-state index is 13.1. The maximum Gasteiger partial charge on any atom is 0.472 e. The van der Waals surface area contributed by atoms with Crippen molar-refractivity contribution in [3.63, 3.8) is 0 Å². The van der Waals surface area contributed by atoms with Crippen LogP contribution >= 0.6 is 15.6 Å². The van der Waals surface area contributed by atoms with E-state index in [1.54, 1.807) is 0 Å². The zero-order valence-electron chi connectivity index (χ0n) is 63.2. The Hall–Kier alpha value is -2.46. The van der Waals surface area contributed by atoms with Gasteiger partial charge in [0.05, 0.1) is 26.4 Å². The smallest absolute Gasteiger partial charge is 0.462 e. The number of esters is 4. The van der Waals surface area contributed by atoms with Crippen molar-refractivity contribution in [3.05, 3.63) is 24.3 Å². The second-order valence-electron chi connectivity index (χ2n) is 27.8. The third-order valence-electron chi connectivity index (χ3n) is 18.0. The Labute approximate surface area is 599 Å². The zero-order valence-corrected chi connectivity index (χ0v) is 65.0. The van der Waals surface area contributed by atoms with Gasteiger partial charge in [0.25, 0.3) is 0 Å². The minimum absolute atomic E-state index is 0.102. The number of aliphatic hydroxyl groups is 1. The Bertz CT molecular complexity index is 1950. The monoisotopic (exact) mass is 1430 g/mol. The Morgan fingerprint density at radius 1 is 0.286 bits per heavy atom. The molecule has 578 valence electrons. The molecule has 0 amide bonds. The van der Waals surface area contributed by atoms with Crippen molar-refractivity contribution in [3.8, 4) is 0 Å². The van der Waals surface area contributed by atoms with Crippen LogP contribution in [-0.4, -0.2) is 96.7 Å². The largest absolute Gasteiger partial charge is 0.472 e. The van der Waals surface area contributed by atoms with Crippen molar-refractivity contribution in [1.29, 1.82) is 0 Å². The van der Waals surface area contributed by atoms with Crippen LogP contribution in [0.25, 0.3) is 0 Å². The molecule has 2 unspecified atom stereocenters. The van der Waals surface area contributed by atoms with E-state index in [2.05, 4.69) is 52.0 Å². The van der Waals surface area contributed by atoms with Gasteiger partial charge in [0.1, 0.15) is 19.3 Å². The molecular weight excluding hydrogens is 1280 g/mol.